The molecular formula is C13H16BrN3O4. The maximum absolute atomic E-state index is 11.9. The first-order valence-electron chi connectivity index (χ1n) is 6.10. The lowest BCUT2D eigenvalue weighted by Crippen LogP contribution is -2.34. The number of carboxylic acids is 1. The predicted octanol–water partition coefficient (Wildman–Crippen LogP) is 1.75. The summed E-state index contributed by atoms with van der Waals surface area (Å²) in [7, 11) is 3.10. The fraction of sp³-hybridized carbons (Fsp3) is 0.308. The highest BCUT2D eigenvalue weighted by molar-refractivity contribution is 9.10. The number of hydrogen-bond acceptors (Lipinski definition) is 3. The van der Waals surface area contributed by atoms with Crippen molar-refractivity contribution in [2.45, 2.75) is 6.42 Å². The minimum atomic E-state index is -1.05. The number of urea groups is 1. The van der Waals surface area contributed by atoms with E-state index in [1.54, 1.807) is 7.05 Å². The van der Waals surface area contributed by atoms with E-state index in [1.165, 1.54) is 30.1 Å². The van der Waals surface area contributed by atoms with Gasteiger partial charge >= 0.3 is 12.0 Å². The number of halogens is 1. The number of benzene rings is 1. The van der Waals surface area contributed by atoms with Crippen molar-refractivity contribution in [1.29, 1.82) is 0 Å². The number of carboxylic acid groups (broad SMARTS) is 1. The van der Waals surface area contributed by atoms with Gasteiger partial charge in [0.05, 0.1) is 11.3 Å². The summed E-state index contributed by atoms with van der Waals surface area (Å²) in [5.41, 5.74) is 0.574. The first-order chi connectivity index (χ1) is 9.85. The standard InChI is InChI=1S/C13H16BrN3O4/c1-15-11(18)5-6-17(2)13(21)16-10-4-3-8(12(19)20)7-9(10)14/h3-4,7H,5-6H2,1-2H3,(H,15,18)(H,16,21)(H,19,20). The number of nitrogens with zero attached hydrogens (tertiary/aromatic N) is 1. The monoisotopic (exact) mass is 357 g/mol. The zero-order valence-electron chi connectivity index (χ0n) is 11.6. The van der Waals surface area contributed by atoms with Crippen LogP contribution in [-0.2, 0) is 4.79 Å². The molecule has 0 aliphatic rings. The highest BCUT2D eigenvalue weighted by Gasteiger charge is 2.13. The van der Waals surface area contributed by atoms with Crippen molar-refractivity contribution >= 4 is 39.5 Å². The second kappa shape index (κ2) is 7.63. The summed E-state index contributed by atoms with van der Waals surface area (Å²) in [4.78, 5) is 35.2. The molecule has 7 nitrogen and oxygen atoms in total. The molecule has 0 fully saturated rings. The van der Waals surface area contributed by atoms with Gasteiger partial charge in [-0.2, -0.15) is 0 Å². The van der Waals surface area contributed by atoms with E-state index in [0.717, 1.165) is 0 Å². The molecule has 1 rings (SSSR count). The van der Waals surface area contributed by atoms with Gasteiger partial charge in [-0.3, -0.25) is 4.79 Å². The fourth-order valence-electron chi connectivity index (χ4n) is 1.46. The van der Waals surface area contributed by atoms with E-state index in [2.05, 4.69) is 26.6 Å². The quantitative estimate of drug-likeness (QED) is 0.747. The lowest BCUT2D eigenvalue weighted by molar-refractivity contribution is -0.120. The molecule has 8 heteroatoms. The van der Waals surface area contributed by atoms with Crippen molar-refractivity contribution in [3.05, 3.63) is 28.2 Å². The van der Waals surface area contributed by atoms with Crippen LogP contribution in [0.15, 0.2) is 22.7 Å². The number of rotatable bonds is 5. The highest BCUT2D eigenvalue weighted by atomic mass is 79.9. The van der Waals surface area contributed by atoms with E-state index >= 15 is 0 Å². The highest BCUT2D eigenvalue weighted by Crippen LogP contribution is 2.24. The van der Waals surface area contributed by atoms with Gasteiger partial charge < -0.3 is 20.6 Å². The Balaban J connectivity index is 2.66. The average molecular weight is 358 g/mol. The van der Waals surface area contributed by atoms with Gasteiger partial charge in [0.25, 0.3) is 0 Å². The molecule has 0 saturated heterocycles. The minimum absolute atomic E-state index is 0.118. The van der Waals surface area contributed by atoms with Crippen molar-refractivity contribution in [3.63, 3.8) is 0 Å². The lowest BCUT2D eigenvalue weighted by Gasteiger charge is -2.18. The molecular weight excluding hydrogens is 342 g/mol. The Morgan fingerprint density at radius 2 is 2.00 bits per heavy atom. The van der Waals surface area contributed by atoms with Gasteiger partial charge in [-0.15, -0.1) is 0 Å². The summed E-state index contributed by atoms with van der Waals surface area (Å²) >= 11 is 3.21. The summed E-state index contributed by atoms with van der Waals surface area (Å²) in [6, 6.07) is 3.91. The molecule has 0 heterocycles. The Morgan fingerprint density at radius 1 is 1.33 bits per heavy atom. The summed E-state index contributed by atoms with van der Waals surface area (Å²) in [5.74, 6) is -1.20. The third-order valence-corrected chi connectivity index (χ3v) is 3.41. The number of amides is 3. The van der Waals surface area contributed by atoms with Crippen molar-refractivity contribution in [3.8, 4) is 0 Å². The zero-order chi connectivity index (χ0) is 16.0. The molecule has 21 heavy (non-hydrogen) atoms. The largest absolute Gasteiger partial charge is 0.478 e. The fourth-order valence-corrected chi connectivity index (χ4v) is 1.93. The van der Waals surface area contributed by atoms with Gasteiger partial charge in [0, 0.05) is 31.5 Å². The van der Waals surface area contributed by atoms with Crippen LogP contribution >= 0.6 is 15.9 Å². The molecule has 114 valence electrons. The number of anilines is 1. The second-order valence-corrected chi connectivity index (χ2v) is 5.13. The number of carbonyl (C=O) groups is 3. The predicted molar refractivity (Wildman–Crippen MR) is 81.4 cm³/mol. The zero-order valence-corrected chi connectivity index (χ0v) is 13.2. The average Bonchev–Trinajstić information content (AvgIpc) is 2.45. The van der Waals surface area contributed by atoms with Crippen LogP contribution in [-0.4, -0.2) is 48.6 Å². The minimum Gasteiger partial charge on any atom is -0.478 e. The molecule has 3 N–H and O–H groups in total. The van der Waals surface area contributed by atoms with Crippen LogP contribution in [0.25, 0.3) is 0 Å². The molecule has 0 aliphatic heterocycles. The van der Waals surface area contributed by atoms with Crippen LogP contribution in [0.2, 0.25) is 0 Å². The third kappa shape index (κ3) is 5.07. The van der Waals surface area contributed by atoms with Crippen LogP contribution < -0.4 is 10.6 Å². The van der Waals surface area contributed by atoms with Gasteiger partial charge in [-0.25, -0.2) is 9.59 Å². The summed E-state index contributed by atoms with van der Waals surface area (Å²) in [6.07, 6.45) is 0.208. The Kier molecular flexibility index (Phi) is 6.16. The number of hydrogen-bond donors (Lipinski definition) is 3. The van der Waals surface area contributed by atoms with Crippen LogP contribution in [0.5, 0.6) is 0 Å². The first-order valence-corrected chi connectivity index (χ1v) is 6.90. The van der Waals surface area contributed by atoms with E-state index in [-0.39, 0.29) is 30.5 Å². The third-order valence-electron chi connectivity index (χ3n) is 2.76. The van der Waals surface area contributed by atoms with Gasteiger partial charge in [-0.05, 0) is 34.1 Å². The second-order valence-electron chi connectivity index (χ2n) is 4.27. The summed E-state index contributed by atoms with van der Waals surface area (Å²) in [5, 5.41) is 14.0. The van der Waals surface area contributed by atoms with Crippen LogP contribution in [0.3, 0.4) is 0 Å². The molecule has 3 amide bonds. The summed E-state index contributed by atoms with van der Waals surface area (Å²) < 4.78 is 0.468. The van der Waals surface area contributed by atoms with Crippen molar-refractivity contribution in [2.24, 2.45) is 0 Å². The molecule has 0 aromatic heterocycles. The lowest BCUT2D eigenvalue weighted by atomic mass is 10.2. The topological polar surface area (TPSA) is 98.7 Å². The van der Waals surface area contributed by atoms with Crippen molar-refractivity contribution < 1.29 is 19.5 Å². The Bertz CT molecular complexity index is 562. The smallest absolute Gasteiger partial charge is 0.335 e. The van der Waals surface area contributed by atoms with Crippen LogP contribution in [0, 0.1) is 0 Å². The molecule has 0 unspecified atom stereocenters. The van der Waals surface area contributed by atoms with E-state index in [1.807, 2.05) is 0 Å². The van der Waals surface area contributed by atoms with E-state index in [9.17, 15) is 14.4 Å². The Labute approximate surface area is 130 Å². The van der Waals surface area contributed by atoms with Gasteiger partial charge in [-0.1, -0.05) is 0 Å². The molecule has 0 atom stereocenters. The van der Waals surface area contributed by atoms with Gasteiger partial charge in [0.15, 0.2) is 0 Å². The van der Waals surface area contributed by atoms with Crippen LogP contribution in [0.1, 0.15) is 16.8 Å². The van der Waals surface area contributed by atoms with Crippen molar-refractivity contribution in [2.75, 3.05) is 26.0 Å². The molecule has 1 aromatic rings. The van der Waals surface area contributed by atoms with E-state index in [4.69, 9.17) is 5.11 Å². The van der Waals surface area contributed by atoms with E-state index < -0.39 is 5.97 Å². The van der Waals surface area contributed by atoms with E-state index in [0.29, 0.717) is 10.2 Å². The van der Waals surface area contributed by atoms with Crippen LogP contribution in [0.4, 0.5) is 10.5 Å². The normalized spacial score (nSPS) is 9.86. The molecule has 0 aliphatic carbocycles. The van der Waals surface area contributed by atoms with Gasteiger partial charge in [0.1, 0.15) is 0 Å². The first kappa shape index (κ1) is 17.0. The van der Waals surface area contributed by atoms with Crippen molar-refractivity contribution in [1.82, 2.24) is 10.2 Å². The molecule has 1 aromatic carbocycles. The molecule has 0 saturated carbocycles. The number of carbonyl (C=O) groups excluding carboxylic acids is 2. The number of aromatic carboxylic acids is 1. The molecule has 0 radical (unpaired) electrons. The molecule has 0 spiro atoms. The Hall–Kier alpha value is -2.09. The molecule has 0 bridgehead atoms. The maximum Gasteiger partial charge on any atom is 0.335 e. The number of nitrogens with one attached hydrogen (secondary N) is 2. The summed E-state index contributed by atoms with van der Waals surface area (Å²) in [6.45, 7) is 0.274. The SMILES string of the molecule is CNC(=O)CCN(C)C(=O)Nc1ccc(C(=O)O)cc1Br. The van der Waals surface area contributed by atoms with Gasteiger partial charge in [0.2, 0.25) is 5.91 Å². The Morgan fingerprint density at radius 3 is 2.52 bits per heavy atom. The maximum atomic E-state index is 11.9.